The van der Waals surface area contributed by atoms with Crippen LogP contribution in [0.4, 0.5) is 5.69 Å². The van der Waals surface area contributed by atoms with Crippen LogP contribution < -0.4 is 4.72 Å². The van der Waals surface area contributed by atoms with Crippen molar-refractivity contribution in [3.05, 3.63) is 96.2 Å². The Hall–Kier alpha value is -3.91. The smallest absolute Gasteiger partial charge is 0.356 e. The molecule has 0 atom stereocenters. The first-order valence-corrected chi connectivity index (χ1v) is 10.9. The lowest BCUT2D eigenvalue weighted by Crippen LogP contribution is -2.13. The Kier molecular flexibility index (Phi) is 5.31. The van der Waals surface area contributed by atoms with Gasteiger partial charge in [-0.3, -0.25) is 4.72 Å². The summed E-state index contributed by atoms with van der Waals surface area (Å²) in [7, 11) is -3.72. The summed E-state index contributed by atoms with van der Waals surface area (Å²) in [6.07, 6.45) is 0. The first-order chi connectivity index (χ1) is 14.8. The number of benzene rings is 3. The van der Waals surface area contributed by atoms with Gasteiger partial charge in [0.25, 0.3) is 10.0 Å². The van der Waals surface area contributed by atoms with Gasteiger partial charge >= 0.3 is 5.97 Å². The summed E-state index contributed by atoms with van der Waals surface area (Å²) in [5, 5.41) is 13.6. The van der Waals surface area contributed by atoms with Gasteiger partial charge in [0.15, 0.2) is 5.69 Å². The number of carboxylic acid groups (broad SMARTS) is 1. The largest absolute Gasteiger partial charge is 0.476 e. The SMILES string of the molecule is Cc1ccc(S(=O)(=O)Nc2ccc(-n3nc(C(=O)O)cc3-c3ccccc3)cc2)cc1. The second-order valence-corrected chi connectivity index (χ2v) is 8.65. The molecule has 0 unspecified atom stereocenters. The molecule has 2 N–H and O–H groups in total. The normalized spacial score (nSPS) is 11.3. The van der Waals surface area contributed by atoms with Crippen LogP contribution in [0, 0.1) is 6.92 Å². The predicted octanol–water partition coefficient (Wildman–Crippen LogP) is 4.35. The average molecular weight is 433 g/mol. The molecule has 0 radical (unpaired) electrons. The number of rotatable bonds is 6. The average Bonchev–Trinajstić information content (AvgIpc) is 3.21. The summed E-state index contributed by atoms with van der Waals surface area (Å²) in [6, 6.07) is 24.0. The summed E-state index contributed by atoms with van der Waals surface area (Å²) in [5.41, 5.74) is 3.30. The highest BCUT2D eigenvalue weighted by Crippen LogP contribution is 2.25. The summed E-state index contributed by atoms with van der Waals surface area (Å²) in [6.45, 7) is 1.89. The van der Waals surface area contributed by atoms with Crippen LogP contribution in [0.5, 0.6) is 0 Å². The summed E-state index contributed by atoms with van der Waals surface area (Å²) in [5.74, 6) is -1.13. The highest BCUT2D eigenvalue weighted by molar-refractivity contribution is 7.92. The Balaban J connectivity index is 1.66. The maximum Gasteiger partial charge on any atom is 0.356 e. The van der Waals surface area contributed by atoms with Gasteiger partial charge in [0.05, 0.1) is 16.3 Å². The third kappa shape index (κ3) is 4.34. The van der Waals surface area contributed by atoms with E-state index in [1.165, 1.54) is 10.7 Å². The lowest BCUT2D eigenvalue weighted by molar-refractivity contribution is 0.0690. The zero-order valence-electron chi connectivity index (χ0n) is 16.6. The van der Waals surface area contributed by atoms with Crippen molar-refractivity contribution in [2.75, 3.05) is 4.72 Å². The number of anilines is 1. The summed E-state index contributed by atoms with van der Waals surface area (Å²) >= 11 is 0. The standard InChI is InChI=1S/C23H19N3O4S/c1-16-7-13-20(14-8-16)31(29,30)25-18-9-11-19(12-10-18)26-22(15-21(24-26)23(27)28)17-5-3-2-4-6-17/h2-15,25H,1H3,(H,27,28). The molecule has 0 saturated heterocycles. The van der Waals surface area contributed by atoms with Crippen molar-refractivity contribution in [2.45, 2.75) is 11.8 Å². The molecule has 0 amide bonds. The minimum Gasteiger partial charge on any atom is -0.476 e. The molecule has 0 fully saturated rings. The zero-order chi connectivity index (χ0) is 22.0. The Bertz CT molecular complexity index is 1330. The molecule has 0 aliphatic heterocycles. The molecule has 4 rings (SSSR count). The number of carbonyl (C=O) groups is 1. The van der Waals surface area contributed by atoms with E-state index in [4.69, 9.17) is 0 Å². The Morgan fingerprint density at radius 2 is 1.58 bits per heavy atom. The van der Waals surface area contributed by atoms with E-state index in [-0.39, 0.29) is 10.6 Å². The predicted molar refractivity (Wildman–Crippen MR) is 118 cm³/mol. The van der Waals surface area contributed by atoms with Crippen LogP contribution in [0.2, 0.25) is 0 Å². The molecule has 3 aromatic carbocycles. The number of hydrogen-bond acceptors (Lipinski definition) is 4. The number of aryl methyl sites for hydroxylation is 1. The molecule has 1 heterocycles. The quantitative estimate of drug-likeness (QED) is 0.471. The molecule has 8 heteroatoms. The fourth-order valence-electron chi connectivity index (χ4n) is 3.10. The maximum atomic E-state index is 12.6. The van der Waals surface area contributed by atoms with E-state index in [0.717, 1.165) is 11.1 Å². The highest BCUT2D eigenvalue weighted by atomic mass is 32.2. The van der Waals surface area contributed by atoms with Crippen LogP contribution in [0.25, 0.3) is 16.9 Å². The van der Waals surface area contributed by atoms with Crippen molar-refractivity contribution < 1.29 is 18.3 Å². The number of carboxylic acids is 1. The Morgan fingerprint density at radius 3 is 2.19 bits per heavy atom. The Morgan fingerprint density at radius 1 is 0.935 bits per heavy atom. The fourth-order valence-corrected chi connectivity index (χ4v) is 4.16. The monoisotopic (exact) mass is 433 g/mol. The van der Waals surface area contributed by atoms with Crippen LogP contribution in [-0.2, 0) is 10.0 Å². The van der Waals surface area contributed by atoms with Crippen LogP contribution in [0.1, 0.15) is 16.1 Å². The van der Waals surface area contributed by atoms with Crippen molar-refractivity contribution in [3.63, 3.8) is 0 Å². The fraction of sp³-hybridized carbons (Fsp3) is 0.0435. The van der Waals surface area contributed by atoms with Gasteiger partial charge in [-0.15, -0.1) is 0 Å². The number of nitrogens with zero attached hydrogens (tertiary/aromatic N) is 2. The van der Waals surface area contributed by atoms with Gasteiger partial charge < -0.3 is 5.11 Å². The zero-order valence-corrected chi connectivity index (χ0v) is 17.4. The third-order valence-electron chi connectivity index (χ3n) is 4.69. The van der Waals surface area contributed by atoms with Crippen LogP contribution in [0.3, 0.4) is 0 Å². The topological polar surface area (TPSA) is 101 Å². The molecule has 4 aromatic rings. The van der Waals surface area contributed by atoms with Crippen molar-refractivity contribution in [1.82, 2.24) is 9.78 Å². The third-order valence-corrected chi connectivity index (χ3v) is 6.09. The van der Waals surface area contributed by atoms with Gasteiger partial charge in [0.1, 0.15) is 0 Å². The number of aromatic nitrogens is 2. The van der Waals surface area contributed by atoms with Crippen molar-refractivity contribution in [1.29, 1.82) is 0 Å². The number of hydrogen-bond donors (Lipinski definition) is 2. The highest BCUT2D eigenvalue weighted by Gasteiger charge is 2.17. The molecule has 0 spiro atoms. The molecule has 0 aliphatic rings. The first-order valence-electron chi connectivity index (χ1n) is 9.42. The molecule has 0 aliphatic carbocycles. The molecule has 0 saturated carbocycles. The van der Waals surface area contributed by atoms with Crippen molar-refractivity contribution >= 4 is 21.7 Å². The van der Waals surface area contributed by atoms with E-state index in [9.17, 15) is 18.3 Å². The second kappa shape index (κ2) is 8.08. The molecule has 7 nitrogen and oxygen atoms in total. The van der Waals surface area contributed by atoms with Gasteiger partial charge in [-0.2, -0.15) is 5.10 Å². The lowest BCUT2D eigenvalue weighted by atomic mass is 10.1. The lowest BCUT2D eigenvalue weighted by Gasteiger charge is -2.11. The Labute approximate surface area is 179 Å². The molecule has 1 aromatic heterocycles. The van der Waals surface area contributed by atoms with Crippen LogP contribution in [0.15, 0.2) is 89.8 Å². The maximum absolute atomic E-state index is 12.6. The molecule has 0 bridgehead atoms. The summed E-state index contributed by atoms with van der Waals surface area (Å²) < 4.78 is 29.3. The first kappa shape index (κ1) is 20.4. The number of aromatic carboxylic acids is 1. The molecule has 156 valence electrons. The van der Waals surface area contributed by atoms with Crippen LogP contribution in [-0.4, -0.2) is 29.3 Å². The minimum atomic E-state index is -3.72. The van der Waals surface area contributed by atoms with Gasteiger partial charge in [-0.1, -0.05) is 48.0 Å². The van der Waals surface area contributed by atoms with E-state index in [0.29, 0.717) is 17.1 Å². The van der Waals surface area contributed by atoms with E-state index < -0.39 is 16.0 Å². The van der Waals surface area contributed by atoms with Gasteiger partial charge in [0.2, 0.25) is 0 Å². The molecular weight excluding hydrogens is 414 g/mol. The molecule has 31 heavy (non-hydrogen) atoms. The summed E-state index contributed by atoms with van der Waals surface area (Å²) in [4.78, 5) is 11.6. The van der Waals surface area contributed by atoms with E-state index >= 15 is 0 Å². The van der Waals surface area contributed by atoms with Gasteiger partial charge in [0, 0.05) is 11.3 Å². The number of sulfonamides is 1. The minimum absolute atomic E-state index is 0.0806. The van der Waals surface area contributed by atoms with E-state index in [1.54, 1.807) is 48.5 Å². The van der Waals surface area contributed by atoms with Crippen molar-refractivity contribution in [2.24, 2.45) is 0 Å². The number of nitrogens with one attached hydrogen (secondary N) is 1. The van der Waals surface area contributed by atoms with E-state index in [2.05, 4.69) is 9.82 Å². The second-order valence-electron chi connectivity index (χ2n) is 6.96. The van der Waals surface area contributed by atoms with Crippen LogP contribution >= 0.6 is 0 Å². The molecular formula is C23H19N3O4S. The van der Waals surface area contributed by atoms with Gasteiger partial charge in [-0.25, -0.2) is 17.9 Å². The van der Waals surface area contributed by atoms with Crippen molar-refractivity contribution in [3.8, 4) is 16.9 Å². The van der Waals surface area contributed by atoms with E-state index in [1.807, 2.05) is 37.3 Å². The van der Waals surface area contributed by atoms with Gasteiger partial charge in [-0.05, 0) is 49.4 Å².